The number of amides is 4. The summed E-state index contributed by atoms with van der Waals surface area (Å²) < 4.78 is 0. The van der Waals surface area contributed by atoms with Crippen molar-refractivity contribution in [1.82, 2.24) is 20.9 Å². The van der Waals surface area contributed by atoms with Gasteiger partial charge in [0.2, 0.25) is 0 Å². The predicted molar refractivity (Wildman–Crippen MR) is 39.4 cm³/mol. The van der Waals surface area contributed by atoms with Crippen molar-refractivity contribution in [2.75, 3.05) is 13.3 Å². The molecule has 2 heterocycles. The van der Waals surface area contributed by atoms with E-state index in [1.807, 2.05) is 0 Å². The summed E-state index contributed by atoms with van der Waals surface area (Å²) in [7, 11) is 0. The lowest BCUT2D eigenvalue weighted by atomic mass is 10.6. The fourth-order valence-corrected chi connectivity index (χ4v) is 1.20. The molecule has 2 fully saturated rings. The van der Waals surface area contributed by atoms with E-state index in [1.165, 1.54) is 0 Å². The van der Waals surface area contributed by atoms with Crippen molar-refractivity contribution in [3.8, 4) is 0 Å². The SMILES string of the molecule is O=C1C(=O)[NH+]([O-])C(=O)N1N1CNCN1. The van der Waals surface area contributed by atoms with Gasteiger partial charge in [-0.2, -0.15) is 0 Å². The molecule has 1 atom stereocenters. The molecule has 0 bridgehead atoms. The number of nitrogens with one attached hydrogen (secondary N) is 3. The molecule has 4 amide bonds. The number of carbonyl (C=O) groups excluding carboxylic acids is 3. The van der Waals surface area contributed by atoms with E-state index in [9.17, 15) is 19.6 Å². The molecule has 14 heavy (non-hydrogen) atoms. The van der Waals surface area contributed by atoms with Gasteiger partial charge in [0.15, 0.2) is 0 Å². The maximum Gasteiger partial charge on any atom is 0.448 e. The molecule has 0 aromatic rings. The highest BCUT2D eigenvalue weighted by molar-refractivity contribution is 6.38. The number of hydrogen-bond acceptors (Lipinski definition) is 7. The van der Waals surface area contributed by atoms with Crippen LogP contribution in [0.15, 0.2) is 0 Å². The Morgan fingerprint density at radius 1 is 1.36 bits per heavy atom. The van der Waals surface area contributed by atoms with Gasteiger partial charge in [0.25, 0.3) is 0 Å². The standard InChI is InChI=1S/C5H7N5O4/c11-3-4(12)10(14)5(13)9(3)8-2-6-1-7-8/h6-7,10H,1-2H2. The van der Waals surface area contributed by atoms with E-state index in [0.717, 1.165) is 5.12 Å². The molecule has 0 aromatic carbocycles. The number of nitrogens with zero attached hydrogens (tertiary/aromatic N) is 2. The maximum absolute atomic E-state index is 11.1. The van der Waals surface area contributed by atoms with Gasteiger partial charge in [-0.3, -0.25) is 10.1 Å². The molecule has 2 rings (SSSR count). The Morgan fingerprint density at radius 2 is 2.07 bits per heavy atom. The molecule has 3 N–H and O–H groups in total. The van der Waals surface area contributed by atoms with Crippen LogP contribution in [-0.4, -0.2) is 41.3 Å². The average Bonchev–Trinajstić information content (AvgIpc) is 2.73. The molecule has 2 saturated heterocycles. The number of carbonyl (C=O) groups is 3. The highest BCUT2D eigenvalue weighted by atomic mass is 16.5. The number of rotatable bonds is 1. The fraction of sp³-hybridized carbons (Fsp3) is 0.400. The molecule has 0 radical (unpaired) electrons. The minimum atomic E-state index is -1.29. The molecule has 0 aliphatic carbocycles. The monoisotopic (exact) mass is 201 g/mol. The van der Waals surface area contributed by atoms with E-state index in [4.69, 9.17) is 0 Å². The second-order valence-electron chi connectivity index (χ2n) is 2.72. The molecular formula is C5H7N5O4. The quantitative estimate of drug-likeness (QED) is 0.226. The number of hydroxylamine groups is 2. The van der Waals surface area contributed by atoms with Crippen molar-refractivity contribution in [2.24, 2.45) is 0 Å². The van der Waals surface area contributed by atoms with E-state index in [2.05, 4.69) is 10.7 Å². The maximum atomic E-state index is 11.1. The van der Waals surface area contributed by atoms with Crippen molar-refractivity contribution in [3.05, 3.63) is 5.21 Å². The van der Waals surface area contributed by atoms with Gasteiger partial charge >= 0.3 is 17.8 Å². The van der Waals surface area contributed by atoms with Crippen LogP contribution in [0.1, 0.15) is 0 Å². The average molecular weight is 201 g/mol. The van der Waals surface area contributed by atoms with Crippen molar-refractivity contribution < 1.29 is 19.4 Å². The number of hydrogen-bond donors (Lipinski definition) is 3. The Bertz CT molecular complexity index is 311. The zero-order chi connectivity index (χ0) is 10.3. The van der Waals surface area contributed by atoms with Crippen LogP contribution in [-0.2, 0) is 9.59 Å². The largest absolute Gasteiger partial charge is 0.617 e. The minimum Gasteiger partial charge on any atom is -0.617 e. The summed E-state index contributed by atoms with van der Waals surface area (Å²) in [5, 5.41) is 13.9. The highest BCUT2D eigenvalue weighted by Crippen LogP contribution is 2.01. The number of hydrazine groups is 2. The summed E-state index contributed by atoms with van der Waals surface area (Å²) in [6.45, 7) is 0.539. The molecule has 2 aliphatic rings. The van der Waals surface area contributed by atoms with Crippen LogP contribution >= 0.6 is 0 Å². The third-order valence-corrected chi connectivity index (χ3v) is 1.87. The van der Waals surface area contributed by atoms with Gasteiger partial charge in [0, 0.05) is 0 Å². The van der Waals surface area contributed by atoms with Crippen LogP contribution in [0.25, 0.3) is 0 Å². The van der Waals surface area contributed by atoms with Gasteiger partial charge in [0.05, 0.1) is 13.3 Å². The molecular weight excluding hydrogens is 194 g/mol. The predicted octanol–water partition coefficient (Wildman–Crippen LogP) is -3.90. The first-order valence-electron chi connectivity index (χ1n) is 3.81. The topological polar surface area (TPSA) is 109 Å². The first-order valence-corrected chi connectivity index (χ1v) is 3.81. The van der Waals surface area contributed by atoms with E-state index >= 15 is 0 Å². The second-order valence-corrected chi connectivity index (χ2v) is 2.72. The van der Waals surface area contributed by atoms with Crippen LogP contribution < -0.4 is 15.8 Å². The van der Waals surface area contributed by atoms with Gasteiger partial charge in [-0.05, 0) is 0 Å². The van der Waals surface area contributed by atoms with Gasteiger partial charge < -0.3 is 5.21 Å². The van der Waals surface area contributed by atoms with Crippen LogP contribution in [0.5, 0.6) is 0 Å². The Hall–Kier alpha value is -1.39. The van der Waals surface area contributed by atoms with Crippen LogP contribution in [0.2, 0.25) is 0 Å². The van der Waals surface area contributed by atoms with E-state index < -0.39 is 22.9 Å². The van der Waals surface area contributed by atoms with E-state index in [-0.39, 0.29) is 6.67 Å². The van der Waals surface area contributed by atoms with Crippen LogP contribution in [0, 0.1) is 5.21 Å². The minimum absolute atomic E-state index is 0.179. The zero-order valence-corrected chi connectivity index (χ0v) is 6.94. The number of urea groups is 1. The van der Waals surface area contributed by atoms with Crippen molar-refractivity contribution in [1.29, 1.82) is 0 Å². The van der Waals surface area contributed by atoms with Gasteiger partial charge in [-0.1, -0.05) is 0 Å². The summed E-state index contributed by atoms with van der Waals surface area (Å²) in [6, 6.07) is -1.11. The zero-order valence-electron chi connectivity index (χ0n) is 6.94. The normalized spacial score (nSPS) is 29.4. The highest BCUT2D eigenvalue weighted by Gasteiger charge is 2.50. The lowest BCUT2D eigenvalue weighted by Gasteiger charge is -2.20. The Balaban J connectivity index is 2.22. The lowest BCUT2D eigenvalue weighted by molar-refractivity contribution is -0.666. The van der Waals surface area contributed by atoms with Gasteiger partial charge in [-0.25, -0.2) is 20.1 Å². The fourth-order valence-electron chi connectivity index (χ4n) is 1.20. The lowest BCUT2D eigenvalue weighted by Crippen LogP contribution is -3.11. The molecule has 0 saturated carbocycles. The first-order chi connectivity index (χ1) is 6.63. The Kier molecular flexibility index (Phi) is 2.02. The smallest absolute Gasteiger partial charge is 0.448 e. The van der Waals surface area contributed by atoms with Gasteiger partial charge in [-0.15, -0.1) is 10.1 Å². The second kappa shape index (κ2) is 3.08. The van der Waals surface area contributed by atoms with Crippen molar-refractivity contribution in [3.63, 3.8) is 0 Å². The Morgan fingerprint density at radius 3 is 2.50 bits per heavy atom. The molecule has 1 unspecified atom stereocenters. The number of quaternary nitrogens is 1. The third-order valence-electron chi connectivity index (χ3n) is 1.87. The molecule has 0 aromatic heterocycles. The molecule has 9 nitrogen and oxygen atoms in total. The van der Waals surface area contributed by atoms with E-state index in [0.29, 0.717) is 11.7 Å². The van der Waals surface area contributed by atoms with Crippen molar-refractivity contribution >= 4 is 17.8 Å². The molecule has 2 aliphatic heterocycles. The Labute approximate surface area is 77.7 Å². The third kappa shape index (κ3) is 1.12. The summed E-state index contributed by atoms with van der Waals surface area (Å²) in [6.07, 6.45) is 0. The van der Waals surface area contributed by atoms with Gasteiger partial charge in [0.1, 0.15) is 0 Å². The van der Waals surface area contributed by atoms with E-state index in [1.54, 1.807) is 0 Å². The molecule has 76 valence electrons. The molecule has 0 spiro atoms. The summed E-state index contributed by atoms with van der Waals surface area (Å²) >= 11 is 0. The summed E-state index contributed by atoms with van der Waals surface area (Å²) in [5.41, 5.74) is 2.60. The number of imide groups is 2. The van der Waals surface area contributed by atoms with Crippen LogP contribution in [0.4, 0.5) is 4.79 Å². The summed E-state index contributed by atoms with van der Waals surface area (Å²) in [5.74, 6) is -2.40. The van der Waals surface area contributed by atoms with Crippen molar-refractivity contribution in [2.45, 2.75) is 0 Å². The molecule has 9 heteroatoms. The first kappa shape index (κ1) is 9.18. The summed E-state index contributed by atoms with van der Waals surface area (Å²) in [4.78, 5) is 33.1. The van der Waals surface area contributed by atoms with Crippen LogP contribution in [0.3, 0.4) is 0 Å².